The van der Waals surface area contributed by atoms with E-state index < -0.39 is 6.04 Å². The molecule has 3 heterocycles. The van der Waals surface area contributed by atoms with Gasteiger partial charge in [0.05, 0.1) is 29.3 Å². The Morgan fingerprint density at radius 1 is 0.689 bits per heavy atom. The molecular formula is C56H54N4O. The van der Waals surface area contributed by atoms with Gasteiger partial charge < -0.3 is 4.74 Å². The van der Waals surface area contributed by atoms with Crippen LogP contribution in [0.15, 0.2) is 164 Å². The van der Waals surface area contributed by atoms with Crippen molar-refractivity contribution in [1.82, 2.24) is 14.1 Å². The third kappa shape index (κ3) is 8.01. The number of ether oxygens (including phenoxy) is 1. The molecule has 6 aromatic carbocycles. The van der Waals surface area contributed by atoms with E-state index in [0.29, 0.717) is 28.7 Å². The summed E-state index contributed by atoms with van der Waals surface area (Å²) < 4.78 is 56.2. The predicted molar refractivity (Wildman–Crippen MR) is 252 cm³/mol. The topological polar surface area (TPSA) is 35.9 Å². The Morgan fingerprint density at radius 2 is 1.38 bits per heavy atom. The Morgan fingerprint density at radius 3 is 2.11 bits per heavy atom. The van der Waals surface area contributed by atoms with E-state index in [-0.39, 0.29) is 40.6 Å². The molecule has 0 saturated carbocycles. The first kappa shape index (κ1) is 34.0. The van der Waals surface area contributed by atoms with Crippen molar-refractivity contribution in [2.24, 2.45) is 5.92 Å². The highest BCUT2D eigenvalue weighted by molar-refractivity contribution is 6.09. The molecule has 0 unspecified atom stereocenters. The molecule has 5 heteroatoms. The van der Waals surface area contributed by atoms with Gasteiger partial charge in [-0.05, 0) is 111 Å². The van der Waals surface area contributed by atoms with E-state index in [1.165, 1.54) is 16.7 Å². The van der Waals surface area contributed by atoms with Crippen molar-refractivity contribution in [2.45, 2.75) is 72.6 Å². The second kappa shape index (κ2) is 15.7. The molecule has 5 nitrogen and oxygen atoms in total. The van der Waals surface area contributed by atoms with Crippen LogP contribution in [0.4, 0.5) is 0 Å². The van der Waals surface area contributed by atoms with Gasteiger partial charge >= 0.3 is 0 Å². The maximum atomic E-state index is 9.04. The molecule has 0 aliphatic rings. The van der Waals surface area contributed by atoms with Crippen LogP contribution in [0, 0.1) is 12.2 Å². The van der Waals surface area contributed by atoms with Gasteiger partial charge in [0.25, 0.3) is 6.33 Å². The molecule has 9 aromatic rings. The molecule has 0 N–H and O–H groups in total. The lowest BCUT2D eigenvalue weighted by Gasteiger charge is -2.27. The summed E-state index contributed by atoms with van der Waals surface area (Å²) >= 11 is 0. The first-order valence-electron chi connectivity index (χ1n) is 23.5. The van der Waals surface area contributed by atoms with Gasteiger partial charge in [-0.3, -0.25) is 13.7 Å². The fourth-order valence-corrected chi connectivity index (χ4v) is 8.13. The van der Waals surface area contributed by atoms with E-state index >= 15 is 0 Å². The molecule has 61 heavy (non-hydrogen) atoms. The SMILES string of the molecule is [2H]c1c([2H])c([2H])c(-c2cccc(-c3cc(C(C)(C)C)cc(C(C)(C)C)c3)c2-[n+]2[c-]n(-c3cccc(Oc4ccc5c6ccccc6n(-c6cc(CC(C)C)ccn6)c5c4)c3)cc2)c([2H])c1[2H]. The average molecular weight is 804 g/mol. The second-order valence-corrected chi connectivity index (χ2v) is 18.4. The Labute approximate surface area is 367 Å². The molecule has 0 bridgehead atoms. The average Bonchev–Trinajstić information content (AvgIpc) is 3.90. The monoisotopic (exact) mass is 803 g/mol. The fraction of sp³-hybridized carbons (Fsp3) is 0.214. The summed E-state index contributed by atoms with van der Waals surface area (Å²) in [5, 5.41) is 2.25. The number of hydrogen-bond donors (Lipinski definition) is 0. The molecule has 0 atom stereocenters. The zero-order chi connectivity index (χ0) is 46.8. The number of imidazole rings is 1. The van der Waals surface area contributed by atoms with E-state index in [9.17, 15) is 0 Å². The maximum Gasteiger partial charge on any atom is 0.268 e. The van der Waals surface area contributed by atoms with Gasteiger partial charge in [0.1, 0.15) is 17.3 Å². The minimum atomic E-state index is -0.433. The molecule has 0 amide bonds. The lowest BCUT2D eigenvalue weighted by atomic mass is 9.78. The largest absolute Gasteiger partial charge is 0.458 e. The van der Waals surface area contributed by atoms with Gasteiger partial charge in [-0.25, -0.2) is 4.98 Å². The van der Waals surface area contributed by atoms with Crippen molar-refractivity contribution in [3.63, 3.8) is 0 Å². The normalized spacial score (nSPS) is 13.3. The number of nitrogens with zero attached hydrogens (tertiary/aromatic N) is 4. The zero-order valence-electron chi connectivity index (χ0n) is 41.2. The fourth-order valence-electron chi connectivity index (χ4n) is 8.13. The predicted octanol–water partition coefficient (Wildman–Crippen LogP) is 14.0. The number of rotatable bonds is 9. The van der Waals surface area contributed by atoms with Crippen LogP contribution in [0.25, 0.3) is 61.3 Å². The first-order chi connectivity index (χ1) is 31.4. The highest BCUT2D eigenvalue weighted by atomic mass is 16.5. The number of hydrogen-bond acceptors (Lipinski definition) is 2. The van der Waals surface area contributed by atoms with Crippen LogP contribution in [0.3, 0.4) is 0 Å². The van der Waals surface area contributed by atoms with E-state index in [2.05, 4.69) is 133 Å². The number of aromatic nitrogens is 4. The van der Waals surface area contributed by atoms with E-state index in [0.717, 1.165) is 50.9 Å². The van der Waals surface area contributed by atoms with Crippen LogP contribution >= 0.6 is 0 Å². The highest BCUT2D eigenvalue weighted by Gasteiger charge is 2.23. The van der Waals surface area contributed by atoms with Crippen LogP contribution in [0.5, 0.6) is 11.5 Å². The summed E-state index contributed by atoms with van der Waals surface area (Å²) in [6, 6.07) is 37.4. The lowest BCUT2D eigenvalue weighted by Crippen LogP contribution is -2.30. The van der Waals surface area contributed by atoms with Crippen molar-refractivity contribution in [1.29, 1.82) is 0 Å². The van der Waals surface area contributed by atoms with Crippen molar-refractivity contribution >= 4 is 21.8 Å². The van der Waals surface area contributed by atoms with Crippen molar-refractivity contribution in [3.05, 3.63) is 187 Å². The standard InChI is InChI=1S/C56H54N4O/c1-38(2)30-39-26-27-57-53(31-39)60-51-23-13-12-20-49(51)50-25-24-46(36-52(50)60)61-45-19-14-18-44(35-45)58-28-29-59(37-58)54-47(40-16-10-9-11-17-40)21-15-22-48(54)41-32-42(55(3,4)5)34-43(33-41)56(6,7)8/h9-29,31-36,38H,30H2,1-8H3/i9D,10D,11D,16D,17D. The van der Waals surface area contributed by atoms with Crippen molar-refractivity contribution < 1.29 is 16.2 Å². The summed E-state index contributed by atoms with van der Waals surface area (Å²) in [5.41, 5.74) is 9.17. The van der Waals surface area contributed by atoms with E-state index in [1.807, 2.05) is 76.3 Å². The van der Waals surface area contributed by atoms with Crippen LogP contribution in [0.2, 0.25) is 0 Å². The van der Waals surface area contributed by atoms with Gasteiger partial charge in [0, 0.05) is 35.4 Å². The molecular weight excluding hydrogens is 745 g/mol. The summed E-state index contributed by atoms with van der Waals surface area (Å²) in [4.78, 5) is 4.83. The van der Waals surface area contributed by atoms with Crippen LogP contribution in [-0.4, -0.2) is 14.1 Å². The van der Waals surface area contributed by atoms with Gasteiger partial charge in [-0.15, -0.1) is 0 Å². The number of benzene rings is 6. The highest BCUT2D eigenvalue weighted by Crippen LogP contribution is 2.39. The van der Waals surface area contributed by atoms with Gasteiger partial charge in [0.15, 0.2) is 0 Å². The Kier molecular flexibility index (Phi) is 8.77. The molecule has 0 aliphatic carbocycles. The summed E-state index contributed by atoms with van der Waals surface area (Å²) in [6.07, 6.45) is 10.2. The number of fused-ring (bicyclic) bond motifs is 3. The molecule has 0 spiro atoms. The summed E-state index contributed by atoms with van der Waals surface area (Å²) in [6.45, 7) is 17.7. The summed E-state index contributed by atoms with van der Waals surface area (Å²) in [5.74, 6) is 2.70. The third-order valence-corrected chi connectivity index (χ3v) is 11.3. The molecule has 304 valence electrons. The van der Waals surface area contributed by atoms with Gasteiger partial charge in [-0.2, -0.15) is 0 Å². The van der Waals surface area contributed by atoms with Crippen molar-refractivity contribution in [3.8, 4) is 50.9 Å². The van der Waals surface area contributed by atoms with Gasteiger partial charge in [0.2, 0.25) is 0 Å². The molecule has 0 fully saturated rings. The maximum absolute atomic E-state index is 9.04. The number of para-hydroxylation sites is 2. The number of pyridine rings is 1. The van der Waals surface area contributed by atoms with E-state index in [4.69, 9.17) is 16.6 Å². The van der Waals surface area contributed by atoms with Crippen LogP contribution in [0.1, 0.15) is 78.9 Å². The Balaban J connectivity index is 1.15. The summed E-state index contributed by atoms with van der Waals surface area (Å²) in [7, 11) is 0. The smallest absolute Gasteiger partial charge is 0.268 e. The molecule has 0 aliphatic heterocycles. The van der Waals surface area contributed by atoms with Gasteiger partial charge in [-0.1, -0.05) is 146 Å². The van der Waals surface area contributed by atoms with Crippen molar-refractivity contribution in [2.75, 3.05) is 0 Å². The Hall–Kier alpha value is -6.72. The third-order valence-electron chi connectivity index (χ3n) is 11.3. The molecule has 0 radical (unpaired) electrons. The minimum Gasteiger partial charge on any atom is -0.458 e. The molecule has 3 aromatic heterocycles. The van der Waals surface area contributed by atoms with Crippen LogP contribution in [-0.2, 0) is 17.3 Å². The minimum absolute atomic E-state index is 0.125. The molecule has 0 saturated heterocycles. The quantitative estimate of drug-likeness (QED) is 0.108. The lowest BCUT2D eigenvalue weighted by molar-refractivity contribution is -0.598. The first-order valence-corrected chi connectivity index (χ1v) is 21.0. The van der Waals surface area contributed by atoms with Crippen LogP contribution < -0.4 is 9.30 Å². The zero-order valence-corrected chi connectivity index (χ0v) is 36.2. The second-order valence-electron chi connectivity index (χ2n) is 18.4. The Bertz CT molecular complexity index is 3270. The van der Waals surface area contributed by atoms with E-state index in [1.54, 1.807) is 0 Å². The molecule has 9 rings (SSSR count).